The molecule has 0 saturated heterocycles. The van der Waals surface area contributed by atoms with E-state index in [-0.39, 0.29) is 0 Å². The number of benzene rings is 10. The van der Waals surface area contributed by atoms with Crippen molar-refractivity contribution in [2.24, 2.45) is 0 Å². The summed E-state index contributed by atoms with van der Waals surface area (Å²) < 4.78 is 14.4. The van der Waals surface area contributed by atoms with Crippen LogP contribution in [0.1, 0.15) is 0 Å². The summed E-state index contributed by atoms with van der Waals surface area (Å²) in [6.07, 6.45) is 0. The maximum atomic E-state index is 6.89. The Bertz CT molecular complexity index is 4160. The Morgan fingerprint density at radius 2 is 1.06 bits per heavy atom. The quantitative estimate of drug-likeness (QED) is 0.174. The van der Waals surface area contributed by atoms with E-state index in [0.717, 1.165) is 38.9 Å². The van der Waals surface area contributed by atoms with Crippen LogP contribution in [0.15, 0.2) is 211 Å². The van der Waals surface area contributed by atoms with Gasteiger partial charge in [-0.3, -0.25) is 0 Å². The van der Waals surface area contributed by atoms with Crippen LogP contribution >= 0.6 is 11.3 Å². The Balaban J connectivity index is 1.06. The van der Waals surface area contributed by atoms with Gasteiger partial charge < -0.3 is 13.6 Å². The van der Waals surface area contributed by atoms with E-state index in [1.807, 2.05) is 11.3 Å². The molecular formula is C58H34N2OS. The highest BCUT2D eigenvalue weighted by atomic mass is 32.1. The zero-order valence-electron chi connectivity index (χ0n) is 33.3. The third-order valence-electron chi connectivity index (χ3n) is 13.1. The highest BCUT2D eigenvalue weighted by molar-refractivity contribution is 7.25. The molecule has 0 bridgehead atoms. The Morgan fingerprint density at radius 1 is 0.355 bits per heavy atom. The van der Waals surface area contributed by atoms with Crippen LogP contribution in [0.2, 0.25) is 0 Å². The van der Waals surface area contributed by atoms with Gasteiger partial charge in [0.1, 0.15) is 11.2 Å². The average molecular weight is 807 g/mol. The van der Waals surface area contributed by atoms with Crippen LogP contribution in [-0.4, -0.2) is 9.13 Å². The second-order valence-electron chi connectivity index (χ2n) is 16.4. The van der Waals surface area contributed by atoms with Gasteiger partial charge >= 0.3 is 0 Å². The normalized spacial score (nSPS) is 12.2. The molecule has 0 unspecified atom stereocenters. The number of aromatic nitrogens is 2. The lowest BCUT2D eigenvalue weighted by atomic mass is 9.97. The molecule has 0 aliphatic carbocycles. The second-order valence-corrected chi connectivity index (χ2v) is 17.5. The molecule has 0 atom stereocenters. The van der Waals surface area contributed by atoms with Gasteiger partial charge in [-0.15, -0.1) is 11.3 Å². The molecule has 0 amide bonds. The van der Waals surface area contributed by atoms with Gasteiger partial charge in [0.05, 0.1) is 22.1 Å². The first-order valence-corrected chi connectivity index (χ1v) is 22.0. The maximum Gasteiger partial charge on any atom is 0.143 e. The van der Waals surface area contributed by atoms with Gasteiger partial charge in [0, 0.05) is 69.4 Å². The van der Waals surface area contributed by atoms with Gasteiger partial charge in [0.25, 0.3) is 0 Å². The van der Waals surface area contributed by atoms with Gasteiger partial charge in [-0.1, -0.05) is 140 Å². The molecule has 0 spiro atoms. The van der Waals surface area contributed by atoms with Crippen LogP contribution < -0.4 is 0 Å². The summed E-state index contributed by atoms with van der Waals surface area (Å²) >= 11 is 1.85. The van der Waals surface area contributed by atoms with Crippen LogP contribution in [0, 0.1) is 0 Å². The molecule has 4 aromatic heterocycles. The van der Waals surface area contributed by atoms with Gasteiger partial charge in [0.2, 0.25) is 0 Å². The number of thiophene rings is 1. The van der Waals surface area contributed by atoms with E-state index in [4.69, 9.17) is 4.42 Å². The lowest BCUT2D eigenvalue weighted by Gasteiger charge is -2.11. The smallest absolute Gasteiger partial charge is 0.143 e. The highest BCUT2D eigenvalue weighted by Crippen LogP contribution is 2.46. The summed E-state index contributed by atoms with van der Waals surface area (Å²) in [5, 5.41) is 12.2. The summed E-state index contributed by atoms with van der Waals surface area (Å²) in [4.78, 5) is 0. The lowest BCUT2D eigenvalue weighted by molar-refractivity contribution is 0.670. The molecule has 0 saturated carbocycles. The fraction of sp³-hybridized carbons (Fsp3) is 0. The topological polar surface area (TPSA) is 23.0 Å². The minimum absolute atomic E-state index is 0.878. The number of hydrogen-bond donors (Lipinski definition) is 0. The summed E-state index contributed by atoms with van der Waals surface area (Å²) in [6, 6.07) is 75.4. The number of rotatable bonds is 4. The molecule has 10 aromatic carbocycles. The predicted octanol–water partition coefficient (Wildman–Crippen LogP) is 16.6. The molecule has 0 aliphatic heterocycles. The first-order chi connectivity index (χ1) is 30.7. The summed E-state index contributed by atoms with van der Waals surface area (Å²) in [6.45, 7) is 0. The first kappa shape index (κ1) is 33.9. The van der Waals surface area contributed by atoms with Crippen molar-refractivity contribution in [3.63, 3.8) is 0 Å². The zero-order chi connectivity index (χ0) is 40.5. The molecule has 14 aromatic rings. The van der Waals surface area contributed by atoms with Gasteiger partial charge in [-0.05, 0) is 94.2 Å². The second kappa shape index (κ2) is 12.8. The van der Waals surface area contributed by atoms with Gasteiger partial charge in [-0.2, -0.15) is 0 Å². The molecule has 14 rings (SSSR count). The third-order valence-corrected chi connectivity index (χ3v) is 14.2. The Kier molecular flexibility index (Phi) is 6.99. The van der Waals surface area contributed by atoms with Crippen molar-refractivity contribution in [3.8, 4) is 33.6 Å². The number of fused-ring (bicyclic) bond motifs is 14. The van der Waals surface area contributed by atoms with E-state index in [1.165, 1.54) is 91.2 Å². The van der Waals surface area contributed by atoms with Gasteiger partial charge in [0.15, 0.2) is 0 Å². The predicted molar refractivity (Wildman–Crippen MR) is 264 cm³/mol. The van der Waals surface area contributed by atoms with Crippen LogP contribution in [0.25, 0.3) is 130 Å². The van der Waals surface area contributed by atoms with Crippen LogP contribution in [0.3, 0.4) is 0 Å². The van der Waals surface area contributed by atoms with Crippen molar-refractivity contribution in [3.05, 3.63) is 206 Å². The minimum Gasteiger partial charge on any atom is -0.455 e. The van der Waals surface area contributed by atoms with E-state index in [2.05, 4.69) is 215 Å². The van der Waals surface area contributed by atoms with Gasteiger partial charge in [-0.25, -0.2) is 0 Å². The number of hydrogen-bond acceptors (Lipinski definition) is 2. The Morgan fingerprint density at radius 3 is 2.00 bits per heavy atom. The highest BCUT2D eigenvalue weighted by Gasteiger charge is 2.23. The molecule has 4 heteroatoms. The molecule has 3 nitrogen and oxygen atoms in total. The fourth-order valence-electron chi connectivity index (χ4n) is 10.4. The monoisotopic (exact) mass is 806 g/mol. The largest absolute Gasteiger partial charge is 0.455 e. The van der Waals surface area contributed by atoms with Crippen molar-refractivity contribution in [1.82, 2.24) is 9.13 Å². The first-order valence-electron chi connectivity index (χ1n) is 21.2. The van der Waals surface area contributed by atoms with Crippen LogP contribution in [-0.2, 0) is 0 Å². The molecule has 0 N–H and O–H groups in total. The van der Waals surface area contributed by atoms with E-state index >= 15 is 0 Å². The van der Waals surface area contributed by atoms with Crippen molar-refractivity contribution >= 4 is 108 Å². The van der Waals surface area contributed by atoms with Crippen LogP contribution in [0.5, 0.6) is 0 Å². The SMILES string of the molecule is c1ccc(-c2ccc3c(c2)c2ccc4c(c5ccccc5n4-c4ccc5ccccc5c4)c2n3-c2ccc3oc4c(-c5cccc6sc7ccccc7c56)cccc4c3c2)cc1. The molecule has 288 valence electrons. The van der Waals surface area contributed by atoms with Crippen molar-refractivity contribution in [2.45, 2.75) is 0 Å². The fourth-order valence-corrected chi connectivity index (χ4v) is 11.5. The van der Waals surface area contributed by atoms with E-state index in [1.54, 1.807) is 0 Å². The lowest BCUT2D eigenvalue weighted by Crippen LogP contribution is -1.95. The summed E-state index contributed by atoms with van der Waals surface area (Å²) in [5.41, 5.74) is 13.5. The number of furan rings is 1. The molecule has 62 heavy (non-hydrogen) atoms. The number of para-hydroxylation sites is 2. The summed E-state index contributed by atoms with van der Waals surface area (Å²) in [7, 11) is 0. The molecular weight excluding hydrogens is 773 g/mol. The van der Waals surface area contributed by atoms with E-state index < -0.39 is 0 Å². The molecule has 4 heterocycles. The van der Waals surface area contributed by atoms with Crippen molar-refractivity contribution in [1.29, 1.82) is 0 Å². The molecule has 0 fully saturated rings. The van der Waals surface area contributed by atoms with E-state index in [0.29, 0.717) is 0 Å². The molecule has 0 radical (unpaired) electrons. The maximum absolute atomic E-state index is 6.89. The van der Waals surface area contributed by atoms with E-state index in [9.17, 15) is 0 Å². The third kappa shape index (κ3) is 4.75. The average Bonchev–Trinajstić information content (AvgIpc) is 4.09. The zero-order valence-corrected chi connectivity index (χ0v) is 34.2. The Labute approximate surface area is 359 Å². The Hall–Kier alpha value is -7.92. The standard InChI is InChI=1S/C58H34N2OS/c1-2-12-35(13-3-1)38-25-29-50-47(33-38)42-28-30-51-56(45-16-6-8-21-49(45)59(51)39-26-24-36-14-4-5-15-37(36)32-39)57(42)60(50)40-27-31-52-48(34-40)44-20-10-19-43(58(44)61-52)41-18-11-23-54-55(41)46-17-7-9-22-53(46)62-54/h1-34H. The summed E-state index contributed by atoms with van der Waals surface area (Å²) in [5.74, 6) is 0. The van der Waals surface area contributed by atoms with Crippen molar-refractivity contribution < 1.29 is 4.42 Å². The minimum atomic E-state index is 0.878. The molecule has 0 aliphatic rings. The van der Waals surface area contributed by atoms with Crippen molar-refractivity contribution in [2.75, 3.05) is 0 Å². The van der Waals surface area contributed by atoms with Crippen LogP contribution in [0.4, 0.5) is 0 Å². The number of nitrogens with zero attached hydrogens (tertiary/aromatic N) is 2.